The lowest BCUT2D eigenvalue weighted by Crippen LogP contribution is -2.43. The number of aliphatic carboxylic acids is 1. The third kappa shape index (κ3) is 3.86. The molecule has 1 atom stereocenters. The molecule has 1 heterocycles. The number of carbonyl (C=O) groups excluding carboxylic acids is 1. The molecule has 0 aromatic rings. The summed E-state index contributed by atoms with van der Waals surface area (Å²) in [6, 6.07) is 0.367. The predicted octanol–water partition coefficient (Wildman–Crippen LogP) is -0.461. The maximum atomic E-state index is 11.3. The third-order valence-corrected chi connectivity index (χ3v) is 2.98. The van der Waals surface area contributed by atoms with Crippen molar-refractivity contribution in [1.29, 1.82) is 0 Å². The van der Waals surface area contributed by atoms with Crippen LogP contribution in [0.25, 0.3) is 0 Å². The Morgan fingerprint density at radius 3 is 2.76 bits per heavy atom. The molecular formula is C10H17N3O4. The van der Waals surface area contributed by atoms with Crippen molar-refractivity contribution in [1.82, 2.24) is 15.7 Å². The van der Waals surface area contributed by atoms with Crippen molar-refractivity contribution in [3.05, 3.63) is 0 Å². The van der Waals surface area contributed by atoms with Crippen LogP contribution < -0.4 is 10.8 Å². The summed E-state index contributed by atoms with van der Waals surface area (Å²) in [5.41, 5.74) is 2.05. The summed E-state index contributed by atoms with van der Waals surface area (Å²) in [7, 11) is 0. The van der Waals surface area contributed by atoms with Crippen molar-refractivity contribution in [3.63, 3.8) is 0 Å². The number of nitrogens with zero attached hydrogens (tertiary/aromatic N) is 1. The topological polar surface area (TPSA) is 90.9 Å². The van der Waals surface area contributed by atoms with Gasteiger partial charge in [0.2, 0.25) is 0 Å². The van der Waals surface area contributed by atoms with Gasteiger partial charge in [-0.25, -0.2) is 15.1 Å². The Bertz CT molecular complexity index is 306. The van der Waals surface area contributed by atoms with Crippen molar-refractivity contribution >= 4 is 12.0 Å². The molecule has 1 aliphatic heterocycles. The molecule has 3 N–H and O–H groups in total. The molecule has 0 aromatic carbocycles. The van der Waals surface area contributed by atoms with E-state index in [1.54, 1.807) is 0 Å². The van der Waals surface area contributed by atoms with Crippen LogP contribution in [0.2, 0.25) is 0 Å². The second kappa shape index (κ2) is 5.33. The van der Waals surface area contributed by atoms with Crippen molar-refractivity contribution in [2.45, 2.75) is 31.3 Å². The minimum absolute atomic E-state index is 0.129. The van der Waals surface area contributed by atoms with E-state index in [1.807, 2.05) is 0 Å². The highest BCUT2D eigenvalue weighted by atomic mass is 16.7. The molecule has 0 bridgehead atoms. The molecule has 96 valence electrons. The van der Waals surface area contributed by atoms with Crippen LogP contribution in [-0.4, -0.2) is 53.8 Å². The standard InChI is InChI=1S/C10H17N3O4/c14-9(15)6-17-12-10(16)11-7-3-4-13(5-7)8-1-2-8/h7-8H,1-6H2,(H,14,15)(H2,11,12,16). The number of hydrogen-bond acceptors (Lipinski definition) is 4. The molecule has 2 amide bonds. The van der Waals surface area contributed by atoms with Gasteiger partial charge in [0.1, 0.15) is 0 Å². The minimum Gasteiger partial charge on any atom is -0.479 e. The molecular weight excluding hydrogens is 226 g/mol. The van der Waals surface area contributed by atoms with Crippen molar-refractivity contribution in [3.8, 4) is 0 Å². The van der Waals surface area contributed by atoms with Crippen LogP contribution in [0.15, 0.2) is 0 Å². The van der Waals surface area contributed by atoms with Gasteiger partial charge in [0.05, 0.1) is 0 Å². The van der Waals surface area contributed by atoms with Crippen LogP contribution in [0, 0.1) is 0 Å². The van der Waals surface area contributed by atoms with Crippen LogP contribution in [0.5, 0.6) is 0 Å². The van der Waals surface area contributed by atoms with E-state index in [9.17, 15) is 9.59 Å². The predicted molar refractivity (Wildman–Crippen MR) is 58.3 cm³/mol. The van der Waals surface area contributed by atoms with Gasteiger partial charge in [0.25, 0.3) is 0 Å². The minimum atomic E-state index is -1.12. The maximum absolute atomic E-state index is 11.3. The lowest BCUT2D eigenvalue weighted by Gasteiger charge is -2.15. The summed E-state index contributed by atoms with van der Waals surface area (Å²) >= 11 is 0. The normalized spacial score (nSPS) is 24.6. The van der Waals surface area contributed by atoms with Gasteiger partial charge in [-0.1, -0.05) is 0 Å². The molecule has 7 nitrogen and oxygen atoms in total. The highest BCUT2D eigenvalue weighted by molar-refractivity contribution is 5.73. The fourth-order valence-electron chi connectivity index (χ4n) is 2.05. The fourth-order valence-corrected chi connectivity index (χ4v) is 2.05. The van der Waals surface area contributed by atoms with Gasteiger partial charge >= 0.3 is 12.0 Å². The number of amides is 2. The monoisotopic (exact) mass is 243 g/mol. The molecule has 7 heteroatoms. The number of nitrogens with one attached hydrogen (secondary N) is 2. The Kier molecular flexibility index (Phi) is 3.80. The van der Waals surface area contributed by atoms with Gasteiger partial charge in [0, 0.05) is 25.2 Å². The smallest absolute Gasteiger partial charge is 0.338 e. The molecule has 2 rings (SSSR count). The Labute approximate surface area is 99.1 Å². The van der Waals surface area contributed by atoms with E-state index < -0.39 is 18.6 Å². The molecule has 2 aliphatic rings. The number of rotatable bonds is 5. The zero-order valence-corrected chi connectivity index (χ0v) is 9.52. The molecule has 0 aromatic heterocycles. The Hall–Kier alpha value is -1.34. The number of hydrogen-bond donors (Lipinski definition) is 3. The number of urea groups is 1. The number of carboxylic acid groups (broad SMARTS) is 1. The first-order chi connectivity index (χ1) is 8.15. The Morgan fingerprint density at radius 2 is 2.12 bits per heavy atom. The summed E-state index contributed by atoms with van der Waals surface area (Å²) in [5, 5.41) is 11.1. The first-order valence-electron chi connectivity index (χ1n) is 5.79. The second-order valence-electron chi connectivity index (χ2n) is 4.47. The van der Waals surface area contributed by atoms with Crippen LogP contribution in [-0.2, 0) is 9.63 Å². The van der Waals surface area contributed by atoms with Crippen molar-refractivity contribution < 1.29 is 19.5 Å². The van der Waals surface area contributed by atoms with E-state index in [4.69, 9.17) is 5.11 Å². The SMILES string of the molecule is O=C(O)CONC(=O)NC1CCN(C2CC2)C1. The third-order valence-electron chi connectivity index (χ3n) is 2.98. The summed E-state index contributed by atoms with van der Waals surface area (Å²) in [4.78, 5) is 28.3. The summed E-state index contributed by atoms with van der Waals surface area (Å²) in [5.74, 6) is -1.12. The molecule has 1 aliphatic carbocycles. The quantitative estimate of drug-likeness (QED) is 0.568. The Morgan fingerprint density at radius 1 is 1.35 bits per heavy atom. The lowest BCUT2D eigenvalue weighted by atomic mass is 10.3. The molecule has 0 spiro atoms. The van der Waals surface area contributed by atoms with Gasteiger partial charge in [-0.15, -0.1) is 0 Å². The molecule has 1 unspecified atom stereocenters. The zero-order valence-electron chi connectivity index (χ0n) is 9.52. The summed E-state index contributed by atoms with van der Waals surface area (Å²) in [6.07, 6.45) is 3.46. The molecule has 0 radical (unpaired) electrons. The maximum Gasteiger partial charge on any atom is 0.338 e. The largest absolute Gasteiger partial charge is 0.479 e. The van der Waals surface area contributed by atoms with Crippen LogP contribution in [0.1, 0.15) is 19.3 Å². The van der Waals surface area contributed by atoms with Gasteiger partial charge in [0.15, 0.2) is 6.61 Å². The first kappa shape index (κ1) is 12.1. The van der Waals surface area contributed by atoms with E-state index in [-0.39, 0.29) is 6.04 Å². The number of carbonyl (C=O) groups is 2. The van der Waals surface area contributed by atoms with E-state index in [0.29, 0.717) is 6.04 Å². The number of carboxylic acids is 1. The Balaban J connectivity index is 1.60. The highest BCUT2D eigenvalue weighted by Gasteiger charge is 2.34. The molecule has 17 heavy (non-hydrogen) atoms. The molecule has 1 saturated carbocycles. The van der Waals surface area contributed by atoms with E-state index in [2.05, 4.69) is 20.5 Å². The number of likely N-dealkylation sites (tertiary alicyclic amines) is 1. The average molecular weight is 243 g/mol. The zero-order chi connectivity index (χ0) is 12.3. The summed E-state index contributed by atoms with van der Waals surface area (Å²) < 4.78 is 0. The molecule has 2 fully saturated rings. The van der Waals surface area contributed by atoms with Gasteiger partial charge in [-0.2, -0.15) is 0 Å². The van der Waals surface area contributed by atoms with Crippen LogP contribution >= 0.6 is 0 Å². The van der Waals surface area contributed by atoms with Crippen molar-refractivity contribution in [2.75, 3.05) is 19.7 Å². The average Bonchev–Trinajstić information content (AvgIpc) is 3.00. The fraction of sp³-hybridized carbons (Fsp3) is 0.800. The van der Waals surface area contributed by atoms with Crippen LogP contribution in [0.3, 0.4) is 0 Å². The van der Waals surface area contributed by atoms with Crippen molar-refractivity contribution in [2.24, 2.45) is 0 Å². The lowest BCUT2D eigenvalue weighted by molar-refractivity contribution is -0.144. The first-order valence-corrected chi connectivity index (χ1v) is 5.79. The van der Waals surface area contributed by atoms with E-state index >= 15 is 0 Å². The van der Waals surface area contributed by atoms with Gasteiger partial charge < -0.3 is 10.4 Å². The van der Waals surface area contributed by atoms with Gasteiger partial charge in [-0.3, -0.25) is 9.74 Å². The second-order valence-corrected chi connectivity index (χ2v) is 4.47. The molecule has 1 saturated heterocycles. The highest BCUT2D eigenvalue weighted by Crippen LogP contribution is 2.29. The van der Waals surface area contributed by atoms with Crippen LogP contribution in [0.4, 0.5) is 4.79 Å². The van der Waals surface area contributed by atoms with E-state index in [1.165, 1.54) is 12.8 Å². The van der Waals surface area contributed by atoms with E-state index in [0.717, 1.165) is 19.5 Å². The summed E-state index contributed by atoms with van der Waals surface area (Å²) in [6.45, 7) is 1.36. The van der Waals surface area contributed by atoms with Gasteiger partial charge in [-0.05, 0) is 19.3 Å². The number of hydroxylamine groups is 1.